The zero-order valence-corrected chi connectivity index (χ0v) is 13.7. The summed E-state index contributed by atoms with van der Waals surface area (Å²) >= 11 is 1.50. The van der Waals surface area contributed by atoms with Crippen molar-refractivity contribution in [3.05, 3.63) is 53.6 Å². The van der Waals surface area contributed by atoms with Gasteiger partial charge in [-0.3, -0.25) is 15.6 Å². The first-order chi connectivity index (χ1) is 11.1. The van der Waals surface area contributed by atoms with Crippen LogP contribution in [0.25, 0.3) is 10.2 Å². The molecule has 6 heteroatoms. The van der Waals surface area contributed by atoms with E-state index in [9.17, 15) is 4.79 Å². The van der Waals surface area contributed by atoms with Gasteiger partial charge in [-0.25, -0.2) is 4.98 Å². The maximum Gasteiger partial charge on any atom is 0.276 e. The molecular weight excluding hydrogens is 310 g/mol. The summed E-state index contributed by atoms with van der Waals surface area (Å²) in [5.74, 6) is 0.398. The molecule has 1 heterocycles. The van der Waals surface area contributed by atoms with Crippen LogP contribution < -0.4 is 15.6 Å². The lowest BCUT2D eigenvalue weighted by atomic mass is 10.1. The molecule has 0 aliphatic heterocycles. The van der Waals surface area contributed by atoms with Crippen LogP contribution in [0.15, 0.2) is 42.5 Å². The third kappa shape index (κ3) is 3.78. The lowest BCUT2D eigenvalue weighted by molar-refractivity contribution is -0.122. The number of anilines is 1. The Morgan fingerprint density at radius 1 is 1.22 bits per heavy atom. The number of benzene rings is 2. The van der Waals surface area contributed by atoms with Gasteiger partial charge in [0.1, 0.15) is 5.75 Å². The van der Waals surface area contributed by atoms with Crippen molar-refractivity contribution in [1.29, 1.82) is 0 Å². The zero-order valence-electron chi connectivity index (χ0n) is 12.9. The number of hydrogen-bond acceptors (Lipinski definition) is 5. The second-order valence-corrected chi connectivity index (χ2v) is 6.25. The molecule has 3 rings (SSSR count). The van der Waals surface area contributed by atoms with E-state index in [1.54, 1.807) is 12.1 Å². The highest BCUT2D eigenvalue weighted by atomic mass is 32.1. The SMILES string of the molecule is Cc1cc(C)c2nc(NNC(=O)COc3ccccc3)sc2c1. The van der Waals surface area contributed by atoms with Crippen LogP contribution in [0.4, 0.5) is 5.13 Å². The number of carbonyl (C=O) groups is 1. The number of carbonyl (C=O) groups excluding carboxylic acids is 1. The molecule has 1 aromatic heterocycles. The Kier molecular flexibility index (Phi) is 4.43. The van der Waals surface area contributed by atoms with Crippen LogP contribution in [0.3, 0.4) is 0 Å². The summed E-state index contributed by atoms with van der Waals surface area (Å²) in [7, 11) is 0. The van der Waals surface area contributed by atoms with Crippen LogP contribution in [0, 0.1) is 13.8 Å². The van der Waals surface area contributed by atoms with E-state index in [1.165, 1.54) is 16.9 Å². The first-order valence-electron chi connectivity index (χ1n) is 7.22. The van der Waals surface area contributed by atoms with E-state index in [0.29, 0.717) is 10.9 Å². The molecule has 2 N–H and O–H groups in total. The van der Waals surface area contributed by atoms with E-state index in [4.69, 9.17) is 4.74 Å². The maximum absolute atomic E-state index is 11.8. The number of aromatic nitrogens is 1. The van der Waals surface area contributed by atoms with Gasteiger partial charge in [-0.2, -0.15) is 0 Å². The van der Waals surface area contributed by atoms with Gasteiger partial charge in [0.2, 0.25) is 5.13 Å². The monoisotopic (exact) mass is 327 g/mol. The molecule has 5 nitrogen and oxygen atoms in total. The molecule has 0 saturated carbocycles. The number of amides is 1. The summed E-state index contributed by atoms with van der Waals surface area (Å²) < 4.78 is 6.48. The average Bonchev–Trinajstić information content (AvgIpc) is 2.95. The van der Waals surface area contributed by atoms with Crippen molar-refractivity contribution in [2.75, 3.05) is 12.0 Å². The number of hydrogen-bond donors (Lipinski definition) is 2. The summed E-state index contributed by atoms with van der Waals surface area (Å²) in [6.45, 7) is 4.03. The highest BCUT2D eigenvalue weighted by Crippen LogP contribution is 2.28. The van der Waals surface area contributed by atoms with Gasteiger partial charge in [-0.15, -0.1) is 0 Å². The predicted octanol–water partition coefficient (Wildman–Crippen LogP) is 3.44. The number of aryl methyl sites for hydroxylation is 2. The van der Waals surface area contributed by atoms with Crippen molar-refractivity contribution < 1.29 is 9.53 Å². The summed E-state index contributed by atoms with van der Waals surface area (Å²) in [6, 6.07) is 13.4. The van der Waals surface area contributed by atoms with Crippen LogP contribution in [-0.4, -0.2) is 17.5 Å². The van der Waals surface area contributed by atoms with Gasteiger partial charge in [-0.1, -0.05) is 35.6 Å². The van der Waals surface area contributed by atoms with E-state index in [1.807, 2.05) is 25.1 Å². The number of fused-ring (bicyclic) bond motifs is 1. The van der Waals surface area contributed by atoms with Gasteiger partial charge >= 0.3 is 0 Å². The fraction of sp³-hybridized carbons (Fsp3) is 0.176. The highest BCUT2D eigenvalue weighted by molar-refractivity contribution is 7.22. The highest BCUT2D eigenvalue weighted by Gasteiger charge is 2.08. The number of nitrogens with one attached hydrogen (secondary N) is 2. The molecule has 0 fully saturated rings. The van der Waals surface area contributed by atoms with Crippen molar-refractivity contribution in [3.63, 3.8) is 0 Å². The minimum atomic E-state index is -0.263. The minimum Gasteiger partial charge on any atom is -0.484 e. The fourth-order valence-electron chi connectivity index (χ4n) is 2.25. The van der Waals surface area contributed by atoms with Crippen LogP contribution >= 0.6 is 11.3 Å². The second-order valence-electron chi connectivity index (χ2n) is 5.22. The third-order valence-electron chi connectivity index (χ3n) is 3.25. The van der Waals surface area contributed by atoms with Gasteiger partial charge in [0.15, 0.2) is 6.61 Å². The number of nitrogens with zero attached hydrogens (tertiary/aromatic N) is 1. The fourth-order valence-corrected chi connectivity index (χ4v) is 3.24. The van der Waals surface area contributed by atoms with Gasteiger partial charge in [-0.05, 0) is 43.2 Å². The molecular formula is C17H17N3O2S. The van der Waals surface area contributed by atoms with Crippen molar-refractivity contribution in [1.82, 2.24) is 10.4 Å². The molecule has 0 aliphatic carbocycles. The van der Waals surface area contributed by atoms with E-state index in [-0.39, 0.29) is 12.5 Å². The van der Waals surface area contributed by atoms with Crippen LogP contribution in [0.1, 0.15) is 11.1 Å². The number of ether oxygens (including phenoxy) is 1. The van der Waals surface area contributed by atoms with Crippen molar-refractivity contribution in [2.45, 2.75) is 13.8 Å². The number of para-hydroxylation sites is 1. The number of rotatable bonds is 5. The first-order valence-corrected chi connectivity index (χ1v) is 8.04. The Bertz CT molecular complexity index is 830. The summed E-state index contributed by atoms with van der Waals surface area (Å²) in [6.07, 6.45) is 0. The lowest BCUT2D eigenvalue weighted by Gasteiger charge is -2.07. The largest absolute Gasteiger partial charge is 0.484 e. The summed E-state index contributed by atoms with van der Waals surface area (Å²) in [4.78, 5) is 16.3. The molecule has 0 bridgehead atoms. The first kappa shape index (κ1) is 15.3. The smallest absolute Gasteiger partial charge is 0.276 e. The standard InChI is InChI=1S/C17H17N3O2S/c1-11-8-12(2)16-14(9-11)23-17(18-16)20-19-15(21)10-22-13-6-4-3-5-7-13/h3-9H,10H2,1-2H3,(H,18,20)(H,19,21). The molecule has 23 heavy (non-hydrogen) atoms. The Morgan fingerprint density at radius 2 is 2.00 bits per heavy atom. The molecule has 0 atom stereocenters. The van der Waals surface area contributed by atoms with E-state index in [2.05, 4.69) is 34.9 Å². The topological polar surface area (TPSA) is 63.2 Å². The van der Waals surface area contributed by atoms with Crippen LogP contribution in [0.5, 0.6) is 5.75 Å². The Morgan fingerprint density at radius 3 is 2.78 bits per heavy atom. The molecule has 3 aromatic rings. The van der Waals surface area contributed by atoms with Gasteiger partial charge in [0, 0.05) is 0 Å². The Hall–Kier alpha value is -2.60. The summed E-state index contributed by atoms with van der Waals surface area (Å²) in [5, 5.41) is 0.654. The average molecular weight is 327 g/mol. The van der Waals surface area contributed by atoms with Gasteiger partial charge in [0.25, 0.3) is 5.91 Å². The van der Waals surface area contributed by atoms with Crippen LogP contribution in [-0.2, 0) is 4.79 Å². The van der Waals surface area contributed by atoms with E-state index < -0.39 is 0 Å². The molecule has 0 aliphatic rings. The Labute approximate surface area is 138 Å². The summed E-state index contributed by atoms with van der Waals surface area (Å²) in [5.41, 5.74) is 8.73. The number of hydrazine groups is 1. The van der Waals surface area contributed by atoms with Gasteiger partial charge in [0.05, 0.1) is 10.2 Å². The third-order valence-corrected chi connectivity index (χ3v) is 4.17. The molecule has 118 valence electrons. The molecule has 1 amide bonds. The quantitative estimate of drug-likeness (QED) is 0.705. The number of thiazole rings is 1. The van der Waals surface area contributed by atoms with E-state index in [0.717, 1.165) is 15.8 Å². The van der Waals surface area contributed by atoms with Crippen molar-refractivity contribution in [3.8, 4) is 5.75 Å². The van der Waals surface area contributed by atoms with Crippen molar-refractivity contribution in [2.24, 2.45) is 0 Å². The van der Waals surface area contributed by atoms with Crippen molar-refractivity contribution >= 4 is 32.6 Å². The van der Waals surface area contributed by atoms with E-state index >= 15 is 0 Å². The zero-order chi connectivity index (χ0) is 16.2. The predicted molar refractivity (Wildman–Crippen MR) is 92.8 cm³/mol. The normalized spacial score (nSPS) is 10.5. The van der Waals surface area contributed by atoms with Crippen LogP contribution in [0.2, 0.25) is 0 Å². The maximum atomic E-state index is 11.8. The minimum absolute atomic E-state index is 0.0555. The molecule has 0 unspecified atom stereocenters. The second kappa shape index (κ2) is 6.66. The molecule has 0 spiro atoms. The lowest BCUT2D eigenvalue weighted by Crippen LogP contribution is -2.33. The molecule has 0 radical (unpaired) electrons. The Balaban J connectivity index is 1.57. The van der Waals surface area contributed by atoms with Gasteiger partial charge < -0.3 is 4.74 Å². The molecule has 2 aromatic carbocycles. The molecule has 0 saturated heterocycles.